The largest absolute Gasteiger partial charge is 0.322 e. The van der Waals surface area contributed by atoms with Crippen molar-refractivity contribution in [1.82, 2.24) is 4.98 Å². The van der Waals surface area contributed by atoms with E-state index >= 15 is 0 Å². The maximum atomic E-state index is 10.9. The Hall–Kier alpha value is -1.31. The summed E-state index contributed by atoms with van der Waals surface area (Å²) >= 11 is 0. The van der Waals surface area contributed by atoms with Crippen LogP contribution < -0.4 is 5.56 Å². The first kappa shape index (κ1) is 7.79. The first-order valence-corrected chi connectivity index (χ1v) is 3.46. The van der Waals surface area contributed by atoms with E-state index in [2.05, 4.69) is 11.6 Å². The van der Waals surface area contributed by atoms with Crippen LogP contribution in [0.25, 0.3) is 5.57 Å². The number of aromatic amines is 1. The minimum Gasteiger partial charge on any atom is -0.322 e. The topological polar surface area (TPSA) is 32.9 Å². The molecule has 1 aromatic rings. The summed E-state index contributed by atoms with van der Waals surface area (Å²) in [5.41, 5.74) is 2.59. The molecule has 0 spiro atoms. The summed E-state index contributed by atoms with van der Waals surface area (Å²) in [6.45, 7) is 7.49. The predicted molar refractivity (Wildman–Crippen MR) is 48.6 cm³/mol. The van der Waals surface area contributed by atoms with Crippen LogP contribution in [0.1, 0.15) is 19.6 Å². The normalized spacial score (nSPS) is 9.64. The Labute approximate surface area is 67.1 Å². The molecule has 1 aromatic heterocycles. The standard InChI is InChI=1S/C9H11NO.H2/c1-6(2)8-4-7(3)5-9(11)10-8;/h4-5H,1H2,2-3H3,(H,10,11);1H. The Balaban J connectivity index is 0.00000121. The number of H-pyrrole nitrogens is 1. The number of aryl methyl sites for hydroxylation is 1. The molecule has 1 rings (SSSR count). The Morgan fingerprint density at radius 2 is 2.27 bits per heavy atom. The maximum absolute atomic E-state index is 10.9. The Morgan fingerprint density at radius 3 is 2.73 bits per heavy atom. The average molecular weight is 151 g/mol. The first-order valence-electron chi connectivity index (χ1n) is 3.46. The van der Waals surface area contributed by atoms with Crippen molar-refractivity contribution in [2.75, 3.05) is 0 Å². The third-order valence-electron chi connectivity index (χ3n) is 1.45. The lowest BCUT2D eigenvalue weighted by atomic mass is 10.2. The molecular weight excluding hydrogens is 138 g/mol. The molecule has 0 aliphatic carbocycles. The smallest absolute Gasteiger partial charge is 0.248 e. The summed E-state index contributed by atoms with van der Waals surface area (Å²) in [6.07, 6.45) is 0. The van der Waals surface area contributed by atoms with E-state index < -0.39 is 0 Å². The number of hydrogen-bond donors (Lipinski definition) is 1. The van der Waals surface area contributed by atoms with Gasteiger partial charge in [0.15, 0.2) is 0 Å². The molecule has 11 heavy (non-hydrogen) atoms. The SMILES string of the molecule is C=C(C)c1cc(C)cc(=O)[nH]1.[HH]. The van der Waals surface area contributed by atoms with Crippen molar-refractivity contribution < 1.29 is 1.43 Å². The van der Waals surface area contributed by atoms with Gasteiger partial charge in [0.2, 0.25) is 5.56 Å². The van der Waals surface area contributed by atoms with Gasteiger partial charge in [-0.2, -0.15) is 0 Å². The van der Waals surface area contributed by atoms with E-state index in [0.717, 1.165) is 16.8 Å². The molecule has 1 N–H and O–H groups in total. The quantitative estimate of drug-likeness (QED) is 0.654. The zero-order valence-corrected chi connectivity index (χ0v) is 6.77. The van der Waals surface area contributed by atoms with Crippen LogP contribution in [0.2, 0.25) is 0 Å². The minimum absolute atomic E-state index is 0. The Morgan fingerprint density at radius 1 is 1.64 bits per heavy atom. The maximum Gasteiger partial charge on any atom is 0.248 e. The van der Waals surface area contributed by atoms with Crippen molar-refractivity contribution >= 4 is 5.57 Å². The minimum atomic E-state index is -0.0667. The first-order chi connectivity index (χ1) is 5.09. The molecule has 0 atom stereocenters. The van der Waals surface area contributed by atoms with E-state index in [0.29, 0.717) is 0 Å². The van der Waals surface area contributed by atoms with Gasteiger partial charge in [-0.15, -0.1) is 0 Å². The lowest BCUT2D eigenvalue weighted by Crippen LogP contribution is -2.06. The number of allylic oxidation sites excluding steroid dienone is 1. The van der Waals surface area contributed by atoms with Crippen molar-refractivity contribution in [3.8, 4) is 0 Å². The second kappa shape index (κ2) is 2.74. The number of hydrogen-bond acceptors (Lipinski definition) is 1. The second-order valence-corrected chi connectivity index (χ2v) is 2.72. The summed E-state index contributed by atoms with van der Waals surface area (Å²) in [5, 5.41) is 0. The fourth-order valence-corrected chi connectivity index (χ4v) is 0.911. The van der Waals surface area contributed by atoms with Gasteiger partial charge in [0.1, 0.15) is 0 Å². The summed E-state index contributed by atoms with van der Waals surface area (Å²) in [6, 6.07) is 3.47. The van der Waals surface area contributed by atoms with E-state index in [1.54, 1.807) is 6.07 Å². The molecule has 0 saturated heterocycles. The zero-order valence-electron chi connectivity index (χ0n) is 6.77. The molecule has 60 valence electrons. The summed E-state index contributed by atoms with van der Waals surface area (Å²) in [7, 11) is 0. The van der Waals surface area contributed by atoms with Crippen LogP contribution in [0.5, 0.6) is 0 Å². The average Bonchev–Trinajstić information content (AvgIpc) is 1.85. The highest BCUT2D eigenvalue weighted by molar-refractivity contribution is 5.57. The predicted octanol–water partition coefficient (Wildman–Crippen LogP) is 1.96. The van der Waals surface area contributed by atoms with Gasteiger partial charge in [0.05, 0.1) is 0 Å². The molecule has 0 bridgehead atoms. The zero-order chi connectivity index (χ0) is 8.43. The van der Waals surface area contributed by atoms with Crippen molar-refractivity contribution in [2.45, 2.75) is 13.8 Å². The van der Waals surface area contributed by atoms with Crippen LogP contribution in [0.4, 0.5) is 0 Å². The van der Waals surface area contributed by atoms with Crippen molar-refractivity contribution in [1.29, 1.82) is 0 Å². The van der Waals surface area contributed by atoms with E-state index in [1.807, 2.05) is 19.9 Å². The molecule has 0 radical (unpaired) electrons. The lowest BCUT2D eigenvalue weighted by Gasteiger charge is -1.99. The highest BCUT2D eigenvalue weighted by atomic mass is 16.1. The number of aromatic nitrogens is 1. The molecule has 0 aliphatic rings. The van der Waals surface area contributed by atoms with Crippen molar-refractivity contribution in [2.24, 2.45) is 0 Å². The van der Waals surface area contributed by atoms with Gasteiger partial charge in [-0.3, -0.25) is 4.79 Å². The fraction of sp³-hybridized carbons (Fsp3) is 0.222. The highest BCUT2D eigenvalue weighted by Gasteiger charge is 1.94. The van der Waals surface area contributed by atoms with E-state index in [4.69, 9.17) is 0 Å². The second-order valence-electron chi connectivity index (χ2n) is 2.72. The van der Waals surface area contributed by atoms with Crippen LogP contribution in [0, 0.1) is 6.92 Å². The number of nitrogens with one attached hydrogen (secondary N) is 1. The molecule has 2 nitrogen and oxygen atoms in total. The van der Waals surface area contributed by atoms with Gasteiger partial charge in [-0.25, -0.2) is 0 Å². The summed E-state index contributed by atoms with van der Waals surface area (Å²) in [4.78, 5) is 13.6. The molecule has 1 heterocycles. The number of pyridine rings is 1. The number of rotatable bonds is 1. The van der Waals surface area contributed by atoms with E-state index in [9.17, 15) is 4.79 Å². The van der Waals surface area contributed by atoms with Gasteiger partial charge in [-0.1, -0.05) is 6.58 Å². The Kier molecular flexibility index (Phi) is 1.94. The molecule has 2 heteroatoms. The Bertz CT molecular complexity index is 341. The summed E-state index contributed by atoms with van der Waals surface area (Å²) < 4.78 is 0. The van der Waals surface area contributed by atoms with Gasteiger partial charge < -0.3 is 4.98 Å². The van der Waals surface area contributed by atoms with Crippen LogP contribution >= 0.6 is 0 Å². The van der Waals surface area contributed by atoms with Crippen LogP contribution in [0.3, 0.4) is 0 Å². The van der Waals surface area contributed by atoms with Gasteiger partial charge in [-0.05, 0) is 31.1 Å². The summed E-state index contributed by atoms with van der Waals surface area (Å²) in [5.74, 6) is 0. The fourth-order valence-electron chi connectivity index (χ4n) is 0.911. The molecular formula is C9H13NO. The third kappa shape index (κ3) is 1.80. The van der Waals surface area contributed by atoms with Crippen LogP contribution in [-0.4, -0.2) is 4.98 Å². The van der Waals surface area contributed by atoms with E-state index in [-0.39, 0.29) is 6.99 Å². The van der Waals surface area contributed by atoms with E-state index in [1.165, 1.54) is 0 Å². The highest BCUT2D eigenvalue weighted by Crippen LogP contribution is 2.06. The van der Waals surface area contributed by atoms with Crippen molar-refractivity contribution in [3.05, 3.63) is 40.3 Å². The molecule has 0 fully saturated rings. The molecule has 0 saturated carbocycles. The monoisotopic (exact) mass is 151 g/mol. The molecule has 0 aliphatic heterocycles. The lowest BCUT2D eigenvalue weighted by molar-refractivity contribution is 1.17. The molecule has 0 amide bonds. The van der Waals surface area contributed by atoms with Crippen LogP contribution in [0.15, 0.2) is 23.5 Å². The third-order valence-corrected chi connectivity index (χ3v) is 1.45. The van der Waals surface area contributed by atoms with Crippen LogP contribution in [-0.2, 0) is 0 Å². The molecule has 0 unspecified atom stereocenters. The molecule has 0 aromatic carbocycles. The van der Waals surface area contributed by atoms with Crippen molar-refractivity contribution in [3.63, 3.8) is 0 Å². The van der Waals surface area contributed by atoms with Gasteiger partial charge >= 0.3 is 0 Å². The van der Waals surface area contributed by atoms with Gasteiger partial charge in [0.25, 0.3) is 0 Å². The van der Waals surface area contributed by atoms with Gasteiger partial charge in [0, 0.05) is 13.2 Å².